The van der Waals surface area contributed by atoms with Crippen LogP contribution in [-0.4, -0.2) is 122 Å². The van der Waals surface area contributed by atoms with Crippen LogP contribution in [0.15, 0.2) is 177 Å². The van der Waals surface area contributed by atoms with Gasteiger partial charge in [0.15, 0.2) is 5.69 Å². The molecule has 0 unspecified atom stereocenters. The molecular weight excluding hydrogens is 1320 g/mol. The number of ether oxygens (including phenoxy) is 2. The lowest BCUT2D eigenvalue weighted by atomic mass is 9.97. The van der Waals surface area contributed by atoms with Gasteiger partial charge in [-0.25, -0.2) is 0 Å². The van der Waals surface area contributed by atoms with Crippen LogP contribution in [-0.2, 0) is 60.7 Å². The van der Waals surface area contributed by atoms with Crippen molar-refractivity contribution in [3.8, 4) is 0 Å². The molecule has 9 atom stereocenters. The molecule has 28 nitrogen and oxygen atoms in total. The maximum atomic E-state index is 13.4. The third-order valence-electron chi connectivity index (χ3n) is 17.2. The summed E-state index contributed by atoms with van der Waals surface area (Å²) in [6.07, 6.45) is 20.0. The van der Waals surface area contributed by atoms with Crippen molar-refractivity contribution < 1.29 is 57.1 Å². The summed E-state index contributed by atoms with van der Waals surface area (Å²) in [5.74, 6) is -3.04. The number of nitrogens with zero attached hydrogens (tertiary/aromatic N) is 4. The molecule has 9 amide bonds. The van der Waals surface area contributed by atoms with E-state index >= 15 is 0 Å². The summed E-state index contributed by atoms with van der Waals surface area (Å²) < 4.78 is 19.7. The number of aryl methyl sites for hydroxylation is 1. The van der Waals surface area contributed by atoms with Crippen LogP contribution in [0.1, 0.15) is 144 Å². The Hall–Kier alpha value is -11.1. The number of hydrogen-bond acceptors (Lipinski definition) is 16. The minimum absolute atomic E-state index is 0.00670. The van der Waals surface area contributed by atoms with E-state index in [2.05, 4.69) is 42.4 Å². The molecule has 6 aromatic rings. The molecule has 0 spiro atoms. The molecule has 4 aromatic heterocycles. The van der Waals surface area contributed by atoms with Crippen LogP contribution < -0.4 is 65.4 Å². The number of primary amides is 2. The zero-order valence-electron chi connectivity index (χ0n) is 58.6. The van der Waals surface area contributed by atoms with E-state index in [9.17, 15) is 57.5 Å². The average Bonchev–Trinajstić information content (AvgIpc) is 1.75. The molecule has 3 saturated heterocycles. The fourth-order valence-electron chi connectivity index (χ4n) is 11.9. The van der Waals surface area contributed by atoms with Gasteiger partial charge in [0.1, 0.15) is 53.2 Å². The second-order valence-electron chi connectivity index (χ2n) is 24.9. The smallest absolute Gasteiger partial charge is 0.278 e. The Labute approximate surface area is 596 Å². The summed E-state index contributed by atoms with van der Waals surface area (Å²) in [5, 5.41) is 23.1. The highest BCUT2D eigenvalue weighted by Gasteiger charge is 2.32. The summed E-state index contributed by atoms with van der Waals surface area (Å²) in [7, 11) is 0. The summed E-state index contributed by atoms with van der Waals surface area (Å²) >= 11 is 0. The lowest BCUT2D eigenvalue weighted by Gasteiger charge is -2.23. The molecule has 7 heterocycles. The lowest BCUT2D eigenvalue weighted by molar-refractivity contribution is -0.126. The second-order valence-corrected chi connectivity index (χ2v) is 24.9. The highest BCUT2D eigenvalue weighted by Crippen LogP contribution is 2.23. The number of pyridine rings is 3. The van der Waals surface area contributed by atoms with Gasteiger partial charge in [-0.2, -0.15) is 0 Å². The highest BCUT2D eigenvalue weighted by atomic mass is 16.5. The zero-order valence-corrected chi connectivity index (χ0v) is 58.6. The van der Waals surface area contributed by atoms with Crippen LogP contribution in [0.25, 0.3) is 0 Å². The molecule has 0 saturated carbocycles. The molecule has 0 radical (unpaired) electrons. The number of anilines is 3. The molecule has 9 rings (SSSR count). The minimum atomic E-state index is -0.884. The topological polar surface area (TPSA) is 400 Å². The summed E-state index contributed by atoms with van der Waals surface area (Å²) in [6, 6.07) is 25.8. The molecule has 548 valence electrons. The van der Waals surface area contributed by atoms with Crippen LogP contribution in [0, 0.1) is 12.8 Å². The van der Waals surface area contributed by atoms with E-state index in [1.807, 2.05) is 93.6 Å². The number of aromatic nitrogens is 4. The van der Waals surface area contributed by atoms with Gasteiger partial charge >= 0.3 is 0 Å². The number of amides is 9. The maximum Gasteiger partial charge on any atom is 0.278 e. The van der Waals surface area contributed by atoms with Gasteiger partial charge in [-0.1, -0.05) is 109 Å². The standard InChI is InChI=1S/2C26H32N4O5.C23H29N5O5/c2*1-2-8-19(13-14-23(27)31)28-24(32)21(17-18-9-4-3-5-10-18)30-15-6-11-20(26(30)34)29-25(33)22-12-7-16-35-22;1-4-7-16(13-15-9-10-24-20(15)29)25-22(31)19(5-2)28-11-6-8-17(23(28)32)26-21(30)18-12-14(3)33-27-18/h2*2-6,8-11,15,19,21-22H,7,12-14,16-17H2,1H3,(H2,27,31)(H,28,32)(H,29,33);4,6-8,11-12,15-16,19H,5,9-10,13H2,1-3H3,(H,24,29)(H,25,31)(H,26,30)/b2*8-2+;7-4+/t19-,21+,22+;19-,21+,22-;15-,16+,19-/m110/s1. The molecule has 3 aliphatic rings. The van der Waals surface area contributed by atoms with Gasteiger partial charge in [0.2, 0.25) is 35.4 Å². The molecule has 103 heavy (non-hydrogen) atoms. The number of allylic oxidation sites excluding steroid dienone is 3. The Morgan fingerprint density at radius 3 is 1.36 bits per heavy atom. The fraction of sp³-hybridized carbons (Fsp3) is 0.400. The molecule has 2 aromatic carbocycles. The Bertz CT molecular complexity index is 3970. The van der Waals surface area contributed by atoms with Gasteiger partial charge in [0.05, 0.1) is 0 Å². The first-order valence-corrected chi connectivity index (χ1v) is 34.6. The molecule has 0 aliphatic carbocycles. The minimum Gasteiger partial charge on any atom is -0.370 e. The number of nitrogens with one attached hydrogen (secondary N) is 7. The van der Waals surface area contributed by atoms with Gasteiger partial charge < -0.3 is 76.4 Å². The van der Waals surface area contributed by atoms with Crippen LogP contribution in [0.4, 0.5) is 17.1 Å². The molecule has 28 heteroatoms. The predicted molar refractivity (Wildman–Crippen MR) is 387 cm³/mol. The van der Waals surface area contributed by atoms with Crippen LogP contribution in [0.5, 0.6) is 0 Å². The maximum absolute atomic E-state index is 13.4. The Kier molecular flexibility index (Phi) is 31.0. The molecular formula is C75H93N13O15. The number of rotatable bonds is 31. The summed E-state index contributed by atoms with van der Waals surface area (Å²) in [4.78, 5) is 152. The van der Waals surface area contributed by atoms with Crippen molar-refractivity contribution in [2.45, 2.75) is 167 Å². The average molecular weight is 1420 g/mol. The van der Waals surface area contributed by atoms with Crippen molar-refractivity contribution in [1.82, 2.24) is 40.1 Å². The predicted octanol–water partition coefficient (Wildman–Crippen LogP) is 6.09. The SMILES string of the molecule is C/C=C/[C@H](CCC(N)=O)NC(=O)[C@H](Cc1ccccc1)n1cccc(NC(=O)[C@@H]2CCCO2)c1=O.C/C=C/[C@H](CCC(N)=O)NC(=O)[C@H](Cc1ccccc1)n1cccc(NC(=O)[C@H]2CCCO2)c1=O.C/C=C/[C@H](C[C@@H]1CCNC1=O)NC(=O)[C@H](CC)n1cccc(NC(=O)c2cc(C)on2)c1=O. The number of hydrogen-bond donors (Lipinski definition) is 9. The van der Waals surface area contributed by atoms with Crippen LogP contribution >= 0.6 is 0 Å². The fourth-order valence-corrected chi connectivity index (χ4v) is 11.9. The molecule has 0 bridgehead atoms. The largest absolute Gasteiger partial charge is 0.370 e. The third kappa shape index (κ3) is 24.0. The van der Waals surface area contributed by atoms with E-state index in [1.165, 1.54) is 56.6 Å². The monoisotopic (exact) mass is 1420 g/mol. The first-order chi connectivity index (χ1) is 49.6. The van der Waals surface area contributed by atoms with E-state index in [0.717, 1.165) is 30.4 Å². The number of benzene rings is 2. The molecule has 3 fully saturated rings. The molecule has 3 aliphatic heterocycles. The second kappa shape index (κ2) is 40.3. The Morgan fingerprint density at radius 2 is 0.981 bits per heavy atom. The Morgan fingerprint density at radius 1 is 0.563 bits per heavy atom. The quantitative estimate of drug-likeness (QED) is 0.0222. The summed E-state index contributed by atoms with van der Waals surface area (Å²) in [6.45, 7) is 10.6. The van der Waals surface area contributed by atoms with Crippen molar-refractivity contribution in [2.24, 2.45) is 17.4 Å². The van der Waals surface area contributed by atoms with Crippen LogP contribution in [0.3, 0.4) is 0 Å². The third-order valence-corrected chi connectivity index (χ3v) is 17.2. The zero-order chi connectivity index (χ0) is 74.4. The first kappa shape index (κ1) is 79.2. The van der Waals surface area contributed by atoms with Crippen molar-refractivity contribution >= 4 is 70.2 Å². The van der Waals surface area contributed by atoms with Gasteiger partial charge in [0.25, 0.3) is 34.4 Å². The highest BCUT2D eigenvalue weighted by molar-refractivity contribution is 6.02. The van der Waals surface area contributed by atoms with Gasteiger partial charge in [-0.15, -0.1) is 0 Å². The van der Waals surface area contributed by atoms with Gasteiger partial charge in [0, 0.05) is 94.1 Å². The summed E-state index contributed by atoms with van der Waals surface area (Å²) in [5.41, 5.74) is 11.0. The van der Waals surface area contributed by atoms with Crippen molar-refractivity contribution in [3.63, 3.8) is 0 Å². The normalized spacial score (nSPS) is 17.3. The number of carbonyl (C=O) groups excluding carboxylic acids is 9. The van der Waals surface area contributed by atoms with Gasteiger partial charge in [-0.05, 0) is 133 Å². The van der Waals surface area contributed by atoms with Crippen molar-refractivity contribution in [2.75, 3.05) is 35.7 Å². The van der Waals surface area contributed by atoms with E-state index in [-0.39, 0.29) is 95.8 Å². The van der Waals surface area contributed by atoms with Crippen molar-refractivity contribution in [3.05, 3.63) is 212 Å². The first-order valence-electron chi connectivity index (χ1n) is 34.6. The molecule has 11 N–H and O–H groups in total. The lowest BCUT2D eigenvalue weighted by Crippen LogP contribution is -2.43. The van der Waals surface area contributed by atoms with Crippen molar-refractivity contribution in [1.29, 1.82) is 0 Å². The van der Waals surface area contributed by atoms with Crippen LogP contribution in [0.2, 0.25) is 0 Å². The number of carbonyl (C=O) groups is 9. The van der Waals surface area contributed by atoms with E-state index in [0.29, 0.717) is 64.0 Å². The van der Waals surface area contributed by atoms with Gasteiger partial charge in [-0.3, -0.25) is 57.5 Å². The van der Waals surface area contributed by atoms with E-state index in [4.69, 9.17) is 25.5 Å². The Balaban J connectivity index is 0.000000216. The van der Waals surface area contributed by atoms with E-state index < -0.39 is 76.8 Å². The number of nitrogens with two attached hydrogens (primary N) is 2. The van der Waals surface area contributed by atoms with E-state index in [1.54, 1.807) is 56.4 Å².